The molecule has 134 valence electrons. The van der Waals surface area contributed by atoms with E-state index in [4.69, 9.17) is 0 Å². The van der Waals surface area contributed by atoms with Gasteiger partial charge in [0.2, 0.25) is 0 Å². The van der Waals surface area contributed by atoms with Gasteiger partial charge < -0.3 is 51.8 Å². The summed E-state index contributed by atoms with van der Waals surface area (Å²) >= 11 is 0. The zero-order chi connectivity index (χ0) is 17.9. The van der Waals surface area contributed by atoms with Crippen LogP contribution in [-0.2, 0) is 0 Å². The normalized spacial score (nSPS) is 15.1. The molecule has 0 radical (unpaired) electrons. The van der Waals surface area contributed by atoms with Crippen molar-refractivity contribution in [2.75, 3.05) is 0 Å². The second-order valence-electron chi connectivity index (χ2n) is 3.87. The van der Waals surface area contributed by atoms with Gasteiger partial charge in [0, 0.05) is 0 Å². The van der Waals surface area contributed by atoms with E-state index in [2.05, 4.69) is 6.92 Å². The molecule has 0 bridgehead atoms. The van der Waals surface area contributed by atoms with Crippen LogP contribution in [0.3, 0.4) is 0 Å². The molecule has 0 spiro atoms. The van der Waals surface area contributed by atoms with Gasteiger partial charge in [0.25, 0.3) is 0 Å². The van der Waals surface area contributed by atoms with Crippen molar-refractivity contribution >= 4 is 73.1 Å². The maximum atomic E-state index is 9.75. The fourth-order valence-electron chi connectivity index (χ4n) is 1.13. The van der Waals surface area contributed by atoms with Gasteiger partial charge in [-0.1, -0.05) is 32.6 Å². The first-order valence-electron chi connectivity index (χ1n) is 5.51. The molecule has 1 aliphatic rings. The first kappa shape index (κ1) is 30.8. The zero-order valence-corrected chi connectivity index (χ0v) is 10.7. The summed E-state index contributed by atoms with van der Waals surface area (Å²) in [5.74, 6) is 1.05. The van der Waals surface area contributed by atoms with Crippen LogP contribution < -0.4 is 0 Å². The van der Waals surface area contributed by atoms with Crippen LogP contribution >= 0.6 is 0 Å². The van der Waals surface area contributed by atoms with Gasteiger partial charge in [-0.2, -0.15) is 0 Å². The van der Waals surface area contributed by atoms with Crippen LogP contribution in [0, 0.1) is 5.92 Å². The summed E-state index contributed by atoms with van der Waals surface area (Å²) in [5.41, 5.74) is 0. The van der Waals surface area contributed by atoms with Crippen molar-refractivity contribution < 1.29 is 51.8 Å². The third-order valence-electron chi connectivity index (χ3n) is 1.64. The summed E-state index contributed by atoms with van der Waals surface area (Å²) in [4.78, 5) is 0. The molecular formula is C6H13B3F12K-3. The maximum absolute atomic E-state index is 9.75. The van der Waals surface area contributed by atoms with Crippen molar-refractivity contribution in [2.45, 2.75) is 32.6 Å². The fourth-order valence-corrected chi connectivity index (χ4v) is 1.13. The first-order chi connectivity index (χ1) is 8.89. The van der Waals surface area contributed by atoms with Gasteiger partial charge in [0.1, 0.15) is 0 Å². The van der Waals surface area contributed by atoms with E-state index in [1.54, 1.807) is 0 Å². The Bertz CT molecular complexity index is 186. The van der Waals surface area contributed by atoms with Crippen molar-refractivity contribution in [2.24, 2.45) is 5.92 Å². The summed E-state index contributed by atoms with van der Waals surface area (Å²) < 4.78 is 117. The Balaban J connectivity index is -0.0000000973. The van der Waals surface area contributed by atoms with Crippen LogP contribution in [0.1, 0.15) is 32.6 Å². The Morgan fingerprint density at radius 1 is 0.545 bits per heavy atom. The molecule has 0 aromatic carbocycles. The van der Waals surface area contributed by atoms with E-state index < -0.39 is 21.8 Å². The third kappa shape index (κ3) is 131. The van der Waals surface area contributed by atoms with Crippen LogP contribution in [0.5, 0.6) is 0 Å². The van der Waals surface area contributed by atoms with Crippen LogP contribution in [0.4, 0.5) is 51.8 Å². The summed E-state index contributed by atoms with van der Waals surface area (Å²) in [5, 5.41) is 0. The van der Waals surface area contributed by atoms with E-state index in [0.29, 0.717) is 0 Å². The van der Waals surface area contributed by atoms with Gasteiger partial charge in [-0.3, -0.25) is 0 Å². The van der Waals surface area contributed by atoms with Gasteiger partial charge in [-0.05, 0) is 5.92 Å². The van der Waals surface area contributed by atoms with Gasteiger partial charge in [0.15, 0.2) is 0 Å². The van der Waals surface area contributed by atoms with E-state index in [0.717, 1.165) is 5.92 Å². The average molecular weight is 385 g/mol. The molecule has 0 aliphatic heterocycles. The molecule has 1 saturated carbocycles. The van der Waals surface area contributed by atoms with E-state index in [1.165, 1.54) is 25.7 Å². The van der Waals surface area contributed by atoms with Crippen molar-refractivity contribution in [1.29, 1.82) is 0 Å². The molecule has 1 fully saturated rings. The van der Waals surface area contributed by atoms with Crippen LogP contribution in [0.25, 0.3) is 0 Å². The Kier molecular flexibility index (Phi) is 20.1. The van der Waals surface area contributed by atoms with E-state index in [9.17, 15) is 51.8 Å². The number of hydrogen-bond donors (Lipinski definition) is 0. The van der Waals surface area contributed by atoms with Crippen LogP contribution in [-0.4, -0.2) is 73.1 Å². The molecule has 0 aromatic heterocycles. The van der Waals surface area contributed by atoms with E-state index in [-0.39, 0.29) is 51.4 Å². The standard InChI is InChI=1S/C6H12.3BF4.K.H/c1-6-4-2-3-5-6;3*2-1(3,4)5;;/h6H,2-5H2,1H3;;;;;/q;3*-1;;. The number of halogens is 12. The Hall–Kier alpha value is 0.991. The third-order valence-corrected chi connectivity index (χ3v) is 1.64. The molecule has 0 amide bonds. The van der Waals surface area contributed by atoms with Crippen molar-refractivity contribution in [3.05, 3.63) is 0 Å². The fraction of sp³-hybridized carbons (Fsp3) is 1.00. The topological polar surface area (TPSA) is 0 Å². The van der Waals surface area contributed by atoms with Gasteiger partial charge in [-0.25, -0.2) is 0 Å². The van der Waals surface area contributed by atoms with Gasteiger partial charge in [-0.15, -0.1) is 0 Å². The predicted octanol–water partition coefficient (Wildman–Crippen LogP) is 5.45. The van der Waals surface area contributed by atoms with E-state index in [1.807, 2.05) is 0 Å². The Morgan fingerprint density at radius 2 is 0.682 bits per heavy atom. The molecule has 0 atom stereocenters. The molecular weight excluding hydrogens is 372 g/mol. The van der Waals surface area contributed by atoms with Crippen LogP contribution in [0.2, 0.25) is 0 Å². The second-order valence-corrected chi connectivity index (χ2v) is 3.87. The van der Waals surface area contributed by atoms with Crippen molar-refractivity contribution in [1.82, 2.24) is 0 Å². The minimum absolute atomic E-state index is 0. The van der Waals surface area contributed by atoms with Crippen LogP contribution in [0.15, 0.2) is 0 Å². The summed E-state index contributed by atoms with van der Waals surface area (Å²) in [6.45, 7) is 2.34. The monoisotopic (exact) mass is 385 g/mol. The molecule has 0 heterocycles. The average Bonchev–Trinajstić information content (AvgIpc) is 2.44. The van der Waals surface area contributed by atoms with Gasteiger partial charge >= 0.3 is 73.1 Å². The summed E-state index contributed by atoms with van der Waals surface area (Å²) in [7, 11) is -18.0. The summed E-state index contributed by atoms with van der Waals surface area (Å²) in [6, 6.07) is 0. The molecule has 0 saturated heterocycles. The predicted molar refractivity (Wildman–Crippen MR) is 65.3 cm³/mol. The Labute approximate surface area is 162 Å². The van der Waals surface area contributed by atoms with Crippen molar-refractivity contribution in [3.8, 4) is 0 Å². The molecule has 0 nitrogen and oxygen atoms in total. The van der Waals surface area contributed by atoms with Crippen molar-refractivity contribution in [3.63, 3.8) is 0 Å². The minimum atomic E-state index is -6.00. The van der Waals surface area contributed by atoms with Gasteiger partial charge in [0.05, 0.1) is 0 Å². The quantitative estimate of drug-likeness (QED) is 0.385. The zero-order valence-electron chi connectivity index (χ0n) is 10.7. The molecule has 1 rings (SSSR count). The first-order valence-corrected chi connectivity index (χ1v) is 5.51. The second kappa shape index (κ2) is 14.3. The SMILES string of the molecule is CC1CCCC1.F[B-](F)(F)F.F[B-](F)(F)F.F[B-](F)(F)F.[KH]. The molecule has 1 aliphatic carbocycles. The number of rotatable bonds is 0. The molecule has 0 unspecified atom stereocenters. The Morgan fingerprint density at radius 3 is 0.727 bits per heavy atom. The molecule has 16 heteroatoms. The number of hydrogen-bond acceptors (Lipinski definition) is 0. The summed E-state index contributed by atoms with van der Waals surface area (Å²) in [6.07, 6.45) is 5.95. The molecule has 0 aromatic rings. The van der Waals surface area contributed by atoms with E-state index >= 15 is 0 Å². The molecule has 22 heavy (non-hydrogen) atoms. The molecule has 0 N–H and O–H groups in total.